The van der Waals surface area contributed by atoms with E-state index in [-0.39, 0.29) is 12.2 Å². The van der Waals surface area contributed by atoms with Crippen molar-refractivity contribution in [2.75, 3.05) is 19.8 Å². The third-order valence-corrected chi connectivity index (χ3v) is 3.37. The zero-order chi connectivity index (χ0) is 11.4. The summed E-state index contributed by atoms with van der Waals surface area (Å²) in [4.78, 5) is 0. The highest BCUT2D eigenvalue weighted by molar-refractivity contribution is 4.92. The molecule has 0 aromatic rings. The highest BCUT2D eigenvalue weighted by atomic mass is 16.5. The van der Waals surface area contributed by atoms with Crippen molar-refractivity contribution in [2.24, 2.45) is 11.1 Å². The van der Waals surface area contributed by atoms with Crippen LogP contribution in [0.3, 0.4) is 0 Å². The Balaban J connectivity index is 2.51. The maximum atomic E-state index is 8.74. The molecule has 1 atom stereocenters. The molecule has 3 N–H and O–H groups in total. The predicted octanol–water partition coefficient (Wildman–Crippen LogP) is 1.68. The van der Waals surface area contributed by atoms with Crippen molar-refractivity contribution in [3.63, 3.8) is 0 Å². The van der Waals surface area contributed by atoms with Gasteiger partial charge in [0.05, 0.1) is 5.60 Å². The fourth-order valence-electron chi connectivity index (χ4n) is 2.65. The third-order valence-electron chi connectivity index (χ3n) is 3.37. The van der Waals surface area contributed by atoms with Gasteiger partial charge >= 0.3 is 0 Å². The van der Waals surface area contributed by atoms with Crippen LogP contribution in [0.1, 0.15) is 46.0 Å². The predicted molar refractivity (Wildman–Crippen MR) is 61.7 cm³/mol. The average Bonchev–Trinajstić information content (AvgIpc) is 2.17. The van der Waals surface area contributed by atoms with Gasteiger partial charge < -0.3 is 15.6 Å². The molecule has 1 saturated carbocycles. The molecule has 0 radical (unpaired) electrons. The molecule has 0 amide bonds. The summed E-state index contributed by atoms with van der Waals surface area (Å²) in [7, 11) is 0. The van der Waals surface area contributed by atoms with Gasteiger partial charge in [-0.3, -0.25) is 0 Å². The second kappa shape index (κ2) is 5.28. The Kier molecular flexibility index (Phi) is 4.56. The number of hydrogen-bond acceptors (Lipinski definition) is 3. The number of nitrogens with two attached hydrogens (primary N) is 1. The molecular formula is C12H25NO2. The third kappa shape index (κ3) is 3.74. The van der Waals surface area contributed by atoms with E-state index in [1.54, 1.807) is 0 Å². The van der Waals surface area contributed by atoms with Crippen LogP contribution in [-0.2, 0) is 4.74 Å². The molecule has 1 aliphatic rings. The first-order valence-electron chi connectivity index (χ1n) is 5.99. The van der Waals surface area contributed by atoms with Crippen molar-refractivity contribution in [2.45, 2.75) is 51.6 Å². The molecule has 0 heterocycles. The molecule has 90 valence electrons. The van der Waals surface area contributed by atoms with Crippen LogP contribution in [0.5, 0.6) is 0 Å². The van der Waals surface area contributed by atoms with Crippen molar-refractivity contribution in [1.29, 1.82) is 0 Å². The summed E-state index contributed by atoms with van der Waals surface area (Å²) in [5, 5.41) is 8.74. The first-order chi connectivity index (χ1) is 7.04. The van der Waals surface area contributed by atoms with Gasteiger partial charge in [0.15, 0.2) is 0 Å². The lowest BCUT2D eigenvalue weighted by Gasteiger charge is -2.44. The molecule has 3 heteroatoms. The van der Waals surface area contributed by atoms with E-state index < -0.39 is 0 Å². The van der Waals surface area contributed by atoms with Gasteiger partial charge in [-0.15, -0.1) is 0 Å². The molecule has 0 aliphatic heterocycles. The number of aliphatic hydroxyl groups is 1. The fraction of sp³-hybridized carbons (Fsp3) is 1.00. The Hall–Kier alpha value is -0.120. The van der Waals surface area contributed by atoms with Crippen LogP contribution in [0.2, 0.25) is 0 Å². The second-order valence-corrected chi connectivity index (χ2v) is 5.51. The van der Waals surface area contributed by atoms with Crippen LogP contribution >= 0.6 is 0 Å². The molecule has 0 bridgehead atoms. The van der Waals surface area contributed by atoms with Crippen LogP contribution in [0, 0.1) is 5.41 Å². The summed E-state index contributed by atoms with van der Waals surface area (Å²) >= 11 is 0. The van der Waals surface area contributed by atoms with Crippen molar-refractivity contribution < 1.29 is 9.84 Å². The Morgan fingerprint density at radius 2 is 2.07 bits per heavy atom. The highest BCUT2D eigenvalue weighted by Gasteiger charge is 2.39. The number of hydrogen-bond donors (Lipinski definition) is 2. The first kappa shape index (κ1) is 12.9. The van der Waals surface area contributed by atoms with Crippen LogP contribution in [0.25, 0.3) is 0 Å². The van der Waals surface area contributed by atoms with Crippen molar-refractivity contribution in [3.05, 3.63) is 0 Å². The SMILES string of the molecule is CC1(C)CCCC(CN)(OCCCO)C1. The number of ether oxygens (including phenoxy) is 1. The molecule has 0 aromatic heterocycles. The minimum atomic E-state index is -0.128. The van der Waals surface area contributed by atoms with Crippen molar-refractivity contribution in [3.8, 4) is 0 Å². The Bertz CT molecular complexity index is 194. The van der Waals surface area contributed by atoms with E-state index in [1.165, 1.54) is 12.8 Å². The monoisotopic (exact) mass is 215 g/mol. The van der Waals surface area contributed by atoms with Crippen LogP contribution in [0.4, 0.5) is 0 Å². The van der Waals surface area contributed by atoms with Gasteiger partial charge in [0.1, 0.15) is 0 Å². The average molecular weight is 215 g/mol. The van der Waals surface area contributed by atoms with Crippen molar-refractivity contribution in [1.82, 2.24) is 0 Å². The molecule has 1 unspecified atom stereocenters. The summed E-state index contributed by atoms with van der Waals surface area (Å²) < 4.78 is 5.91. The van der Waals surface area contributed by atoms with Gasteiger partial charge in [-0.1, -0.05) is 20.3 Å². The van der Waals surface area contributed by atoms with Gasteiger partial charge in [-0.05, 0) is 31.1 Å². The van der Waals surface area contributed by atoms with Gasteiger partial charge in [-0.25, -0.2) is 0 Å². The van der Waals surface area contributed by atoms with E-state index in [0.717, 1.165) is 12.8 Å². The van der Waals surface area contributed by atoms with Crippen molar-refractivity contribution >= 4 is 0 Å². The second-order valence-electron chi connectivity index (χ2n) is 5.51. The van der Waals surface area contributed by atoms with E-state index in [4.69, 9.17) is 15.6 Å². The van der Waals surface area contributed by atoms with Gasteiger partial charge in [0, 0.05) is 19.8 Å². The number of rotatable bonds is 5. The Morgan fingerprint density at radius 1 is 1.33 bits per heavy atom. The summed E-state index contributed by atoms with van der Waals surface area (Å²) in [5.41, 5.74) is 6.07. The maximum absolute atomic E-state index is 8.74. The maximum Gasteiger partial charge on any atom is 0.0809 e. The molecule has 1 rings (SSSR count). The molecule has 0 saturated heterocycles. The summed E-state index contributed by atoms with van der Waals surface area (Å²) in [6.07, 6.45) is 5.28. The first-order valence-corrected chi connectivity index (χ1v) is 5.99. The molecule has 0 spiro atoms. The summed E-state index contributed by atoms with van der Waals surface area (Å²) in [5.74, 6) is 0. The smallest absolute Gasteiger partial charge is 0.0809 e. The van der Waals surface area contributed by atoms with E-state index >= 15 is 0 Å². The molecule has 1 aliphatic carbocycles. The van der Waals surface area contributed by atoms with E-state index in [2.05, 4.69) is 13.8 Å². The quantitative estimate of drug-likeness (QED) is 0.686. The van der Waals surface area contributed by atoms with E-state index in [1.807, 2.05) is 0 Å². The largest absolute Gasteiger partial charge is 0.396 e. The van der Waals surface area contributed by atoms with Crippen LogP contribution in [0.15, 0.2) is 0 Å². The molecule has 3 nitrogen and oxygen atoms in total. The molecule has 15 heavy (non-hydrogen) atoms. The lowest BCUT2D eigenvalue weighted by Crippen LogP contribution is -2.47. The fourth-order valence-corrected chi connectivity index (χ4v) is 2.65. The standard InChI is InChI=1S/C12H25NO2/c1-11(2)5-3-6-12(9-11,10-13)15-8-4-7-14/h14H,3-10,13H2,1-2H3. The number of aliphatic hydroxyl groups excluding tert-OH is 1. The molecule has 0 aromatic carbocycles. The van der Waals surface area contributed by atoms with Gasteiger partial charge in [0.2, 0.25) is 0 Å². The van der Waals surface area contributed by atoms with Crippen LogP contribution < -0.4 is 5.73 Å². The molecular weight excluding hydrogens is 190 g/mol. The zero-order valence-electron chi connectivity index (χ0n) is 10.1. The Morgan fingerprint density at radius 3 is 2.60 bits per heavy atom. The van der Waals surface area contributed by atoms with Crippen LogP contribution in [-0.4, -0.2) is 30.5 Å². The summed E-state index contributed by atoms with van der Waals surface area (Å²) in [6, 6.07) is 0. The minimum absolute atomic E-state index is 0.128. The lowest BCUT2D eigenvalue weighted by molar-refractivity contribution is -0.0936. The summed E-state index contributed by atoms with van der Waals surface area (Å²) in [6.45, 7) is 5.99. The zero-order valence-corrected chi connectivity index (χ0v) is 10.1. The topological polar surface area (TPSA) is 55.5 Å². The lowest BCUT2D eigenvalue weighted by atomic mass is 9.69. The van der Waals surface area contributed by atoms with E-state index in [9.17, 15) is 0 Å². The normalized spacial score (nSPS) is 30.4. The minimum Gasteiger partial charge on any atom is -0.396 e. The van der Waals surface area contributed by atoms with E-state index in [0.29, 0.717) is 25.0 Å². The molecule has 1 fully saturated rings. The van der Waals surface area contributed by atoms with Gasteiger partial charge in [0.25, 0.3) is 0 Å². The van der Waals surface area contributed by atoms with Gasteiger partial charge in [-0.2, -0.15) is 0 Å². The Labute approximate surface area is 93.0 Å². The highest BCUT2D eigenvalue weighted by Crippen LogP contribution is 2.42.